The first-order valence-electron chi connectivity index (χ1n) is 6.97. The van der Waals surface area contributed by atoms with Gasteiger partial charge in [0, 0.05) is 34.7 Å². The Morgan fingerprint density at radius 2 is 2.26 bits per heavy atom. The van der Waals surface area contributed by atoms with Crippen molar-refractivity contribution >= 4 is 11.3 Å². The molecule has 0 aromatic carbocycles. The maximum Gasteiger partial charge on any atom is 0.122 e. The van der Waals surface area contributed by atoms with Crippen LogP contribution in [0.15, 0.2) is 24.5 Å². The van der Waals surface area contributed by atoms with E-state index in [1.165, 1.54) is 9.75 Å². The number of hydrogen-bond acceptors (Lipinski definition) is 3. The van der Waals surface area contributed by atoms with Gasteiger partial charge in [0.2, 0.25) is 0 Å². The SMILES string of the molecule is CCCn1ccnc1CNC(C)Cc1ccc(C)s1. The molecular formula is C15H23N3S. The summed E-state index contributed by atoms with van der Waals surface area (Å²) in [6, 6.07) is 4.90. The zero-order valence-corrected chi connectivity index (χ0v) is 12.8. The Morgan fingerprint density at radius 1 is 1.42 bits per heavy atom. The van der Waals surface area contributed by atoms with Crippen LogP contribution in [0.1, 0.15) is 35.8 Å². The maximum absolute atomic E-state index is 4.42. The zero-order valence-electron chi connectivity index (χ0n) is 12.0. The molecule has 3 nitrogen and oxygen atoms in total. The standard InChI is InChI=1S/C15H23N3S/c1-4-8-18-9-7-16-15(18)11-17-12(2)10-14-6-5-13(3)19-14/h5-7,9,12,17H,4,8,10-11H2,1-3H3. The van der Waals surface area contributed by atoms with Crippen LogP contribution < -0.4 is 5.32 Å². The third-order valence-corrected chi connectivity index (χ3v) is 4.20. The van der Waals surface area contributed by atoms with Crippen molar-refractivity contribution in [2.45, 2.75) is 52.7 Å². The molecule has 1 unspecified atom stereocenters. The van der Waals surface area contributed by atoms with Gasteiger partial charge in [-0.1, -0.05) is 6.92 Å². The van der Waals surface area contributed by atoms with Crippen molar-refractivity contribution in [2.75, 3.05) is 0 Å². The second-order valence-electron chi connectivity index (χ2n) is 5.04. The van der Waals surface area contributed by atoms with E-state index < -0.39 is 0 Å². The average molecular weight is 277 g/mol. The predicted octanol–water partition coefficient (Wildman–Crippen LogP) is 3.38. The number of imidazole rings is 1. The molecule has 4 heteroatoms. The lowest BCUT2D eigenvalue weighted by atomic mass is 10.2. The van der Waals surface area contributed by atoms with Crippen molar-refractivity contribution in [3.63, 3.8) is 0 Å². The third kappa shape index (κ3) is 4.18. The van der Waals surface area contributed by atoms with Crippen LogP contribution in [0.4, 0.5) is 0 Å². The average Bonchev–Trinajstić information content (AvgIpc) is 2.97. The highest BCUT2D eigenvalue weighted by Crippen LogP contribution is 2.16. The van der Waals surface area contributed by atoms with Gasteiger partial charge in [-0.05, 0) is 38.8 Å². The fourth-order valence-corrected chi connectivity index (χ4v) is 3.21. The van der Waals surface area contributed by atoms with Crippen LogP contribution in [0.3, 0.4) is 0 Å². The smallest absolute Gasteiger partial charge is 0.122 e. The first-order chi connectivity index (χ1) is 9.19. The van der Waals surface area contributed by atoms with Gasteiger partial charge in [0.15, 0.2) is 0 Å². The van der Waals surface area contributed by atoms with Crippen LogP contribution >= 0.6 is 11.3 Å². The van der Waals surface area contributed by atoms with Crippen LogP contribution in [-0.2, 0) is 19.5 Å². The highest BCUT2D eigenvalue weighted by Gasteiger charge is 2.07. The minimum atomic E-state index is 0.477. The molecule has 0 fully saturated rings. The van der Waals surface area contributed by atoms with Gasteiger partial charge in [0.25, 0.3) is 0 Å². The number of rotatable bonds is 7. The molecule has 2 rings (SSSR count). The Kier molecular flexibility index (Phi) is 5.16. The van der Waals surface area contributed by atoms with Crippen molar-refractivity contribution in [2.24, 2.45) is 0 Å². The normalized spacial score (nSPS) is 12.8. The number of nitrogens with zero attached hydrogens (tertiary/aromatic N) is 2. The van der Waals surface area contributed by atoms with E-state index in [1.54, 1.807) is 0 Å². The summed E-state index contributed by atoms with van der Waals surface area (Å²) < 4.78 is 2.23. The summed E-state index contributed by atoms with van der Waals surface area (Å²) in [6.45, 7) is 8.49. The molecule has 0 bridgehead atoms. The molecular weight excluding hydrogens is 254 g/mol. The van der Waals surface area contributed by atoms with Gasteiger partial charge in [0.05, 0.1) is 6.54 Å². The summed E-state index contributed by atoms with van der Waals surface area (Å²) in [4.78, 5) is 7.26. The molecule has 104 valence electrons. The maximum atomic E-state index is 4.42. The van der Waals surface area contributed by atoms with Crippen molar-refractivity contribution in [1.82, 2.24) is 14.9 Å². The van der Waals surface area contributed by atoms with Gasteiger partial charge in [-0.15, -0.1) is 11.3 Å². The first kappa shape index (κ1) is 14.3. The van der Waals surface area contributed by atoms with Gasteiger partial charge >= 0.3 is 0 Å². The van der Waals surface area contributed by atoms with E-state index >= 15 is 0 Å². The summed E-state index contributed by atoms with van der Waals surface area (Å²) in [5.41, 5.74) is 0. The summed E-state index contributed by atoms with van der Waals surface area (Å²) in [5.74, 6) is 1.14. The lowest BCUT2D eigenvalue weighted by Gasteiger charge is -2.13. The van der Waals surface area contributed by atoms with Gasteiger partial charge in [0.1, 0.15) is 5.82 Å². The Hall–Kier alpha value is -1.13. The van der Waals surface area contributed by atoms with Crippen molar-refractivity contribution in [3.05, 3.63) is 40.1 Å². The fraction of sp³-hybridized carbons (Fsp3) is 0.533. The first-order valence-corrected chi connectivity index (χ1v) is 7.79. The van der Waals surface area contributed by atoms with E-state index in [-0.39, 0.29) is 0 Å². The molecule has 19 heavy (non-hydrogen) atoms. The van der Waals surface area contributed by atoms with E-state index in [2.05, 4.69) is 54.0 Å². The molecule has 0 saturated carbocycles. The molecule has 2 aromatic heterocycles. The van der Waals surface area contributed by atoms with Crippen LogP contribution in [0.5, 0.6) is 0 Å². The minimum absolute atomic E-state index is 0.477. The van der Waals surface area contributed by atoms with Gasteiger partial charge in [-0.2, -0.15) is 0 Å². The summed E-state index contributed by atoms with van der Waals surface area (Å²) >= 11 is 1.89. The highest BCUT2D eigenvalue weighted by molar-refractivity contribution is 7.11. The largest absolute Gasteiger partial charge is 0.334 e. The van der Waals surface area contributed by atoms with Crippen LogP contribution in [-0.4, -0.2) is 15.6 Å². The van der Waals surface area contributed by atoms with Crippen molar-refractivity contribution < 1.29 is 0 Å². The van der Waals surface area contributed by atoms with E-state index in [4.69, 9.17) is 0 Å². The predicted molar refractivity (Wildman–Crippen MR) is 81.6 cm³/mol. The summed E-state index contributed by atoms with van der Waals surface area (Å²) in [5, 5.41) is 3.56. The molecule has 1 N–H and O–H groups in total. The monoisotopic (exact) mass is 277 g/mol. The molecule has 0 spiro atoms. The molecule has 1 atom stereocenters. The number of hydrogen-bond donors (Lipinski definition) is 1. The molecule has 0 radical (unpaired) electrons. The van der Waals surface area contributed by atoms with Crippen LogP contribution in [0, 0.1) is 6.92 Å². The number of nitrogens with one attached hydrogen (secondary N) is 1. The fourth-order valence-electron chi connectivity index (χ4n) is 2.19. The molecule has 0 amide bonds. The van der Waals surface area contributed by atoms with Crippen LogP contribution in [0.25, 0.3) is 0 Å². The highest BCUT2D eigenvalue weighted by atomic mass is 32.1. The number of aryl methyl sites for hydroxylation is 2. The van der Waals surface area contributed by atoms with E-state index in [0.717, 1.165) is 31.8 Å². The van der Waals surface area contributed by atoms with Gasteiger partial charge in [-0.25, -0.2) is 4.98 Å². The molecule has 2 aromatic rings. The Morgan fingerprint density at radius 3 is 2.95 bits per heavy atom. The zero-order chi connectivity index (χ0) is 13.7. The van der Waals surface area contributed by atoms with Crippen LogP contribution in [0.2, 0.25) is 0 Å². The van der Waals surface area contributed by atoms with E-state index in [1.807, 2.05) is 17.5 Å². The van der Waals surface area contributed by atoms with Crippen molar-refractivity contribution in [1.29, 1.82) is 0 Å². The van der Waals surface area contributed by atoms with E-state index in [9.17, 15) is 0 Å². The molecule has 2 heterocycles. The lowest BCUT2D eigenvalue weighted by Crippen LogP contribution is -2.28. The molecule has 0 aliphatic rings. The quantitative estimate of drug-likeness (QED) is 0.841. The van der Waals surface area contributed by atoms with Gasteiger partial charge in [-0.3, -0.25) is 0 Å². The second kappa shape index (κ2) is 6.87. The Balaban J connectivity index is 1.82. The topological polar surface area (TPSA) is 29.9 Å². The Labute approximate surface area is 119 Å². The van der Waals surface area contributed by atoms with Gasteiger partial charge < -0.3 is 9.88 Å². The summed E-state index contributed by atoms with van der Waals surface area (Å²) in [7, 11) is 0. The second-order valence-corrected chi connectivity index (χ2v) is 6.41. The molecule has 0 aliphatic carbocycles. The minimum Gasteiger partial charge on any atom is -0.334 e. The molecule has 0 aliphatic heterocycles. The number of aromatic nitrogens is 2. The van der Waals surface area contributed by atoms with E-state index in [0.29, 0.717) is 6.04 Å². The molecule has 0 saturated heterocycles. The van der Waals surface area contributed by atoms with Crippen molar-refractivity contribution in [3.8, 4) is 0 Å². The third-order valence-electron chi connectivity index (χ3n) is 3.18. The number of thiophene rings is 1. The Bertz CT molecular complexity index is 501. The summed E-state index contributed by atoms with van der Waals surface area (Å²) in [6.07, 6.45) is 6.19. The lowest BCUT2D eigenvalue weighted by molar-refractivity contribution is 0.516.